The first-order chi connectivity index (χ1) is 22.6. The first-order valence-electron chi connectivity index (χ1n) is 16.2. The van der Waals surface area contributed by atoms with Crippen LogP contribution in [0.1, 0.15) is 18.5 Å². The third-order valence-corrected chi connectivity index (χ3v) is 12.8. The lowest BCUT2D eigenvalue weighted by Gasteiger charge is -2.30. The molecular formula is C33H46BrFN6O5Si2. The molecule has 11 nitrogen and oxygen atoms in total. The molecule has 0 saturated heterocycles. The van der Waals surface area contributed by atoms with Crippen LogP contribution in [-0.4, -0.2) is 95.8 Å². The minimum Gasteiger partial charge on any atom is -0.465 e. The van der Waals surface area contributed by atoms with Gasteiger partial charge in [-0.1, -0.05) is 39.3 Å². The van der Waals surface area contributed by atoms with Crippen molar-refractivity contribution in [1.82, 2.24) is 24.5 Å². The Morgan fingerprint density at radius 2 is 1.69 bits per heavy atom. The van der Waals surface area contributed by atoms with Crippen molar-refractivity contribution in [3.8, 4) is 11.1 Å². The van der Waals surface area contributed by atoms with Gasteiger partial charge in [0.1, 0.15) is 19.3 Å². The highest BCUT2D eigenvalue weighted by atomic mass is 79.9. The molecule has 3 aromatic heterocycles. The molecule has 1 aromatic carbocycles. The van der Waals surface area contributed by atoms with Crippen LogP contribution in [0.2, 0.25) is 51.4 Å². The molecule has 48 heavy (non-hydrogen) atoms. The molecule has 1 aliphatic rings. The van der Waals surface area contributed by atoms with Gasteiger partial charge in [0.2, 0.25) is 0 Å². The van der Waals surface area contributed by atoms with Crippen LogP contribution in [0.15, 0.2) is 41.1 Å². The van der Waals surface area contributed by atoms with Crippen molar-refractivity contribution in [1.29, 1.82) is 0 Å². The molecule has 1 amide bonds. The molecule has 3 heterocycles. The van der Waals surface area contributed by atoms with Crippen LogP contribution >= 0.6 is 15.9 Å². The molecule has 0 atom stereocenters. The van der Waals surface area contributed by atoms with Crippen LogP contribution in [0.25, 0.3) is 27.7 Å². The molecular weight excluding hydrogens is 715 g/mol. The standard InChI is InChI=1S/C33H46BrFN6O5Si2/c1-47(2,3)13-11-45-21-39(22-46-12-14-48(4,5)6)31-29(34)28(19-40(32(43)44)33(20-42)9-10-33)38-30-26(18-37-41(30)31)24-15-23-16-25(35)7-8-27(23)36-17-24/h7-8,15-18,42H,9-14,19-22H2,1-6H3,(H,43,44). The van der Waals surface area contributed by atoms with Crippen molar-refractivity contribution < 1.29 is 28.9 Å². The lowest BCUT2D eigenvalue weighted by molar-refractivity contribution is 0.0813. The van der Waals surface area contributed by atoms with Gasteiger partial charge in [0.15, 0.2) is 11.5 Å². The van der Waals surface area contributed by atoms with Crippen molar-refractivity contribution in [3.05, 3.63) is 52.6 Å². The van der Waals surface area contributed by atoms with E-state index in [0.29, 0.717) is 69.7 Å². The molecule has 1 fully saturated rings. The predicted molar refractivity (Wildman–Crippen MR) is 194 cm³/mol. The maximum absolute atomic E-state index is 14.1. The van der Waals surface area contributed by atoms with Crippen LogP contribution < -0.4 is 4.90 Å². The zero-order valence-corrected chi connectivity index (χ0v) is 32.2. The van der Waals surface area contributed by atoms with E-state index in [9.17, 15) is 19.4 Å². The lowest BCUT2D eigenvalue weighted by Crippen LogP contribution is -2.43. The molecule has 0 unspecified atom stereocenters. The van der Waals surface area contributed by atoms with Gasteiger partial charge in [0.25, 0.3) is 0 Å². The normalized spacial score (nSPS) is 14.5. The molecule has 5 rings (SSSR count). The summed E-state index contributed by atoms with van der Waals surface area (Å²) in [5, 5.41) is 25.8. The van der Waals surface area contributed by atoms with Crippen molar-refractivity contribution in [2.45, 2.75) is 76.3 Å². The molecule has 1 saturated carbocycles. The van der Waals surface area contributed by atoms with Gasteiger partial charge in [-0.2, -0.15) is 9.61 Å². The van der Waals surface area contributed by atoms with Gasteiger partial charge >= 0.3 is 6.09 Å². The van der Waals surface area contributed by atoms with Gasteiger partial charge in [0.05, 0.1) is 40.6 Å². The Kier molecular flexibility index (Phi) is 11.0. The topological polar surface area (TPSA) is 126 Å². The van der Waals surface area contributed by atoms with Gasteiger partial charge in [-0.25, -0.2) is 14.2 Å². The Bertz CT molecular complexity index is 1750. The van der Waals surface area contributed by atoms with E-state index in [4.69, 9.17) is 19.6 Å². The minimum atomic E-state index is -1.34. The van der Waals surface area contributed by atoms with Crippen LogP contribution in [0.4, 0.5) is 15.0 Å². The van der Waals surface area contributed by atoms with E-state index in [1.54, 1.807) is 23.0 Å². The van der Waals surface area contributed by atoms with Gasteiger partial charge in [-0.05, 0) is 65.1 Å². The van der Waals surface area contributed by atoms with E-state index in [0.717, 1.165) is 12.1 Å². The number of fused-ring (bicyclic) bond motifs is 2. The highest BCUT2D eigenvalue weighted by molar-refractivity contribution is 9.10. The summed E-state index contributed by atoms with van der Waals surface area (Å²) in [6.45, 7) is 15.1. The fourth-order valence-corrected chi connectivity index (χ4v) is 7.49. The van der Waals surface area contributed by atoms with Gasteiger partial charge in [-0.15, -0.1) is 0 Å². The zero-order chi connectivity index (χ0) is 34.9. The summed E-state index contributed by atoms with van der Waals surface area (Å²) in [5.74, 6) is 0.236. The number of aromatic nitrogens is 4. The van der Waals surface area contributed by atoms with Crippen LogP contribution in [0, 0.1) is 5.82 Å². The number of carboxylic acid groups (broad SMARTS) is 1. The number of amides is 1. The number of aliphatic hydroxyl groups excluding tert-OH is 1. The van der Waals surface area contributed by atoms with Crippen LogP contribution in [0.3, 0.4) is 0 Å². The van der Waals surface area contributed by atoms with Crippen LogP contribution in [0.5, 0.6) is 0 Å². The average Bonchev–Trinajstić information content (AvgIpc) is 3.69. The quantitative estimate of drug-likeness (QED) is 0.0689. The first-order valence-corrected chi connectivity index (χ1v) is 24.5. The fourth-order valence-electron chi connectivity index (χ4n) is 5.35. The molecule has 2 N–H and O–H groups in total. The van der Waals surface area contributed by atoms with Crippen molar-refractivity contribution >= 4 is 60.5 Å². The van der Waals surface area contributed by atoms with E-state index < -0.39 is 27.8 Å². The highest BCUT2D eigenvalue weighted by Gasteiger charge is 2.50. The number of anilines is 1. The molecule has 1 aliphatic carbocycles. The number of rotatable bonds is 16. The molecule has 0 spiro atoms. The Hall–Kier alpha value is -2.96. The maximum atomic E-state index is 14.1. The first kappa shape index (κ1) is 36.3. The van der Waals surface area contributed by atoms with E-state index in [1.807, 2.05) is 11.0 Å². The molecule has 0 aliphatic heterocycles. The summed E-state index contributed by atoms with van der Waals surface area (Å²) in [6.07, 6.45) is 3.40. The van der Waals surface area contributed by atoms with Crippen molar-refractivity contribution in [2.75, 3.05) is 38.2 Å². The highest BCUT2D eigenvalue weighted by Crippen LogP contribution is 2.43. The summed E-state index contributed by atoms with van der Waals surface area (Å²) < 4.78 is 28.9. The Labute approximate surface area is 291 Å². The molecule has 15 heteroatoms. The molecule has 260 valence electrons. The lowest BCUT2D eigenvalue weighted by atomic mass is 10.1. The van der Waals surface area contributed by atoms with E-state index in [1.165, 1.54) is 17.0 Å². The second-order valence-electron chi connectivity index (χ2n) is 15.0. The summed E-state index contributed by atoms with van der Waals surface area (Å²) >= 11 is 3.78. The predicted octanol–water partition coefficient (Wildman–Crippen LogP) is 7.28. The van der Waals surface area contributed by atoms with Gasteiger partial charge in [0, 0.05) is 52.1 Å². The number of benzene rings is 1. The Balaban J connectivity index is 1.62. The average molecular weight is 762 g/mol. The van der Waals surface area contributed by atoms with Crippen molar-refractivity contribution in [2.24, 2.45) is 0 Å². The second kappa shape index (κ2) is 14.5. The number of carbonyl (C=O) groups is 1. The number of nitrogens with zero attached hydrogens (tertiary/aromatic N) is 6. The molecule has 0 bridgehead atoms. The zero-order valence-electron chi connectivity index (χ0n) is 28.6. The Morgan fingerprint density at radius 3 is 2.25 bits per heavy atom. The smallest absolute Gasteiger partial charge is 0.408 e. The summed E-state index contributed by atoms with van der Waals surface area (Å²) in [5.41, 5.74) is 2.07. The van der Waals surface area contributed by atoms with Crippen LogP contribution in [-0.2, 0) is 16.0 Å². The molecule has 0 radical (unpaired) electrons. The van der Waals surface area contributed by atoms with Gasteiger partial charge in [-0.3, -0.25) is 9.88 Å². The van der Waals surface area contributed by atoms with E-state index >= 15 is 0 Å². The minimum absolute atomic E-state index is 0.0629. The number of halogens is 2. The third kappa shape index (κ3) is 8.60. The Morgan fingerprint density at radius 1 is 1.04 bits per heavy atom. The summed E-state index contributed by atoms with van der Waals surface area (Å²) in [4.78, 5) is 25.3. The fraction of sp³-hybridized carbons (Fsp3) is 0.515. The summed E-state index contributed by atoms with van der Waals surface area (Å²) in [6, 6.07) is 8.28. The number of pyridine rings is 1. The number of ether oxygens (including phenoxy) is 2. The summed E-state index contributed by atoms with van der Waals surface area (Å²) in [7, 11) is -2.69. The monoisotopic (exact) mass is 760 g/mol. The SMILES string of the molecule is C[Si](C)(C)CCOCN(COCC[Si](C)(C)C)c1c(Br)c(CN(C(=O)O)C2(CO)CC2)nc2c(-c3cnc4ccc(F)cc4c3)cnn12. The molecule has 4 aromatic rings. The largest absolute Gasteiger partial charge is 0.465 e. The second-order valence-corrected chi connectivity index (χ2v) is 27.1. The number of aliphatic hydroxyl groups is 1. The number of hydrogen-bond acceptors (Lipinski definition) is 8. The van der Waals surface area contributed by atoms with Crippen molar-refractivity contribution in [3.63, 3.8) is 0 Å². The van der Waals surface area contributed by atoms with E-state index in [-0.39, 0.29) is 32.4 Å². The van der Waals surface area contributed by atoms with Gasteiger partial charge < -0.3 is 24.6 Å². The number of hydrogen-bond donors (Lipinski definition) is 2. The third-order valence-electron chi connectivity index (χ3n) is 8.61. The van der Waals surface area contributed by atoms with E-state index in [2.05, 4.69) is 60.2 Å². The maximum Gasteiger partial charge on any atom is 0.408 e.